The van der Waals surface area contributed by atoms with Crippen LogP contribution in [0, 0.1) is 0 Å². The molecule has 9 nitrogen and oxygen atoms in total. The fraction of sp³-hybridized carbons (Fsp3) is 1.00. The smallest absolute Gasteiger partial charge is 0.388 e. The van der Waals surface area contributed by atoms with Crippen molar-refractivity contribution in [3.05, 3.63) is 0 Å². The van der Waals surface area contributed by atoms with Gasteiger partial charge in [0, 0.05) is 0 Å². The Balaban J connectivity index is 2.57. The second-order valence-corrected chi connectivity index (χ2v) is 4.65. The summed E-state index contributed by atoms with van der Waals surface area (Å²) in [6.45, 7) is -0.674. The minimum Gasteiger partial charge on any atom is -0.388 e. The average Bonchev–Trinajstić information content (AvgIpc) is 2.17. The topological polar surface area (TPSA) is 163 Å². The Morgan fingerprint density at radius 3 is 2.31 bits per heavy atom. The Labute approximate surface area is 90.6 Å². The monoisotopic (exact) mass is 259 g/mol. The van der Waals surface area contributed by atoms with E-state index < -0.39 is 45.1 Å². The SMILES string of the molecule is N[C@@H]1[C@@H](O)[C@H](O)[C@@H](COP(=O)(O)O)O[C@@H]1O. The van der Waals surface area contributed by atoms with Gasteiger partial charge in [-0.2, -0.15) is 0 Å². The molecule has 0 amide bonds. The van der Waals surface area contributed by atoms with Crippen LogP contribution in [0.1, 0.15) is 0 Å². The molecule has 0 aromatic carbocycles. The van der Waals surface area contributed by atoms with Gasteiger partial charge in [0.05, 0.1) is 12.6 Å². The summed E-state index contributed by atoms with van der Waals surface area (Å²) in [6, 6.07) is -1.19. The van der Waals surface area contributed by atoms with E-state index in [1.54, 1.807) is 0 Å². The first-order chi connectivity index (χ1) is 7.22. The molecule has 1 heterocycles. The molecule has 0 aromatic rings. The number of phosphoric acid groups is 1. The van der Waals surface area contributed by atoms with Gasteiger partial charge in [0.15, 0.2) is 6.29 Å². The third kappa shape index (κ3) is 3.45. The van der Waals surface area contributed by atoms with E-state index in [4.69, 9.17) is 20.3 Å². The summed E-state index contributed by atoms with van der Waals surface area (Å²) in [5, 5.41) is 28.0. The summed E-state index contributed by atoms with van der Waals surface area (Å²) in [6.07, 6.45) is -5.76. The van der Waals surface area contributed by atoms with Crippen LogP contribution in [-0.4, -0.2) is 62.4 Å². The molecule has 0 radical (unpaired) electrons. The van der Waals surface area contributed by atoms with Crippen LogP contribution in [0.3, 0.4) is 0 Å². The van der Waals surface area contributed by atoms with Crippen molar-refractivity contribution in [2.45, 2.75) is 30.6 Å². The van der Waals surface area contributed by atoms with E-state index >= 15 is 0 Å². The van der Waals surface area contributed by atoms with E-state index in [1.165, 1.54) is 0 Å². The highest BCUT2D eigenvalue weighted by molar-refractivity contribution is 7.46. The van der Waals surface area contributed by atoms with E-state index in [0.29, 0.717) is 0 Å². The first-order valence-electron chi connectivity index (χ1n) is 4.37. The molecule has 0 bridgehead atoms. The molecule has 5 atom stereocenters. The molecule has 16 heavy (non-hydrogen) atoms. The number of hydrogen-bond donors (Lipinski definition) is 6. The predicted octanol–water partition coefficient (Wildman–Crippen LogP) is -3.14. The van der Waals surface area contributed by atoms with Crippen LogP contribution in [0.5, 0.6) is 0 Å². The van der Waals surface area contributed by atoms with Gasteiger partial charge in [-0.05, 0) is 0 Å². The summed E-state index contributed by atoms with van der Waals surface area (Å²) in [4.78, 5) is 16.8. The van der Waals surface area contributed by atoms with Crippen LogP contribution in [0.15, 0.2) is 0 Å². The van der Waals surface area contributed by atoms with Crippen LogP contribution < -0.4 is 5.73 Å². The standard InChI is InChI=1S/C6H14NO8P/c7-3-5(9)4(8)2(15-6(3)10)1-14-16(11,12)13/h2-6,8-10H,1,7H2,(H2,11,12,13)/t2-,3-,4-,5-,6+/m1/s1. The fourth-order valence-corrected chi connectivity index (χ4v) is 1.62. The van der Waals surface area contributed by atoms with E-state index in [0.717, 1.165) is 0 Å². The normalized spacial score (nSPS) is 41.0. The van der Waals surface area contributed by atoms with Crippen molar-refractivity contribution in [2.24, 2.45) is 5.73 Å². The van der Waals surface area contributed by atoms with Gasteiger partial charge in [0.1, 0.15) is 18.3 Å². The molecule has 1 aliphatic heterocycles. The van der Waals surface area contributed by atoms with Crippen molar-refractivity contribution in [2.75, 3.05) is 6.61 Å². The number of nitrogens with two attached hydrogens (primary N) is 1. The molecule has 1 aliphatic rings. The maximum Gasteiger partial charge on any atom is 0.469 e. The number of aliphatic hydroxyl groups excluding tert-OH is 3. The highest BCUT2D eigenvalue weighted by Crippen LogP contribution is 2.36. The molecule has 1 rings (SSSR count). The van der Waals surface area contributed by atoms with Crippen molar-refractivity contribution >= 4 is 7.82 Å². The second kappa shape index (κ2) is 5.05. The Hall–Kier alpha value is -0.0900. The number of ether oxygens (including phenoxy) is 1. The van der Waals surface area contributed by atoms with E-state index in [-0.39, 0.29) is 0 Å². The van der Waals surface area contributed by atoms with Crippen molar-refractivity contribution in [3.8, 4) is 0 Å². The molecule has 0 aliphatic carbocycles. The van der Waals surface area contributed by atoms with Gasteiger partial charge in [-0.25, -0.2) is 4.57 Å². The number of rotatable bonds is 3. The van der Waals surface area contributed by atoms with Crippen molar-refractivity contribution in [1.29, 1.82) is 0 Å². The lowest BCUT2D eigenvalue weighted by Gasteiger charge is -2.38. The molecule has 96 valence electrons. The molecular weight excluding hydrogens is 245 g/mol. The summed E-state index contributed by atoms with van der Waals surface area (Å²) in [7, 11) is -4.70. The summed E-state index contributed by atoms with van der Waals surface area (Å²) >= 11 is 0. The van der Waals surface area contributed by atoms with Crippen LogP contribution >= 0.6 is 7.82 Å². The van der Waals surface area contributed by atoms with Crippen LogP contribution in [0.25, 0.3) is 0 Å². The van der Waals surface area contributed by atoms with Gasteiger partial charge >= 0.3 is 7.82 Å². The van der Waals surface area contributed by atoms with E-state index in [9.17, 15) is 19.9 Å². The Morgan fingerprint density at radius 2 is 1.81 bits per heavy atom. The van der Waals surface area contributed by atoms with Gasteiger partial charge in [0.2, 0.25) is 0 Å². The zero-order valence-electron chi connectivity index (χ0n) is 8.08. The van der Waals surface area contributed by atoms with Gasteiger partial charge in [-0.15, -0.1) is 0 Å². The van der Waals surface area contributed by atoms with Crippen molar-refractivity contribution in [3.63, 3.8) is 0 Å². The third-order valence-corrected chi connectivity index (χ3v) is 2.66. The predicted molar refractivity (Wildman–Crippen MR) is 48.9 cm³/mol. The van der Waals surface area contributed by atoms with Crippen LogP contribution in [-0.2, 0) is 13.8 Å². The lowest BCUT2D eigenvalue weighted by atomic mass is 9.98. The molecule has 1 saturated heterocycles. The second-order valence-electron chi connectivity index (χ2n) is 3.41. The molecule has 0 saturated carbocycles. The quantitative estimate of drug-likeness (QED) is 0.287. The maximum absolute atomic E-state index is 10.4. The largest absolute Gasteiger partial charge is 0.469 e. The van der Waals surface area contributed by atoms with Gasteiger partial charge in [-0.1, -0.05) is 0 Å². The Bertz CT molecular complexity index is 282. The van der Waals surface area contributed by atoms with Gasteiger partial charge in [-0.3, -0.25) is 4.52 Å². The first-order valence-corrected chi connectivity index (χ1v) is 5.91. The zero-order valence-corrected chi connectivity index (χ0v) is 8.97. The Kier molecular flexibility index (Phi) is 4.41. The molecule has 1 fully saturated rings. The average molecular weight is 259 g/mol. The van der Waals surface area contributed by atoms with E-state index in [2.05, 4.69) is 4.52 Å². The van der Waals surface area contributed by atoms with Crippen LogP contribution in [0.2, 0.25) is 0 Å². The summed E-state index contributed by atoms with van der Waals surface area (Å²) in [5.74, 6) is 0. The molecule has 0 spiro atoms. The molecule has 7 N–H and O–H groups in total. The molecule has 10 heteroatoms. The van der Waals surface area contributed by atoms with Crippen molar-refractivity contribution in [1.82, 2.24) is 0 Å². The highest BCUT2D eigenvalue weighted by Gasteiger charge is 2.42. The number of aliphatic hydroxyl groups is 3. The molecular formula is C6H14NO8P. The lowest BCUT2D eigenvalue weighted by Crippen LogP contribution is -2.61. The summed E-state index contributed by atoms with van der Waals surface area (Å²) in [5.41, 5.74) is 5.28. The number of hydrogen-bond acceptors (Lipinski definition) is 7. The number of phosphoric ester groups is 1. The lowest BCUT2D eigenvalue weighted by molar-refractivity contribution is -0.247. The third-order valence-electron chi connectivity index (χ3n) is 2.18. The minimum absolute atomic E-state index is 0.674. The molecule has 0 unspecified atom stereocenters. The Morgan fingerprint density at radius 1 is 1.25 bits per heavy atom. The van der Waals surface area contributed by atoms with E-state index in [1.807, 2.05) is 0 Å². The first kappa shape index (κ1) is 14.0. The van der Waals surface area contributed by atoms with Gasteiger partial charge < -0.3 is 35.6 Å². The summed E-state index contributed by atoms with van der Waals surface area (Å²) < 4.78 is 19.2. The van der Waals surface area contributed by atoms with Gasteiger partial charge in [0.25, 0.3) is 0 Å². The van der Waals surface area contributed by atoms with Crippen molar-refractivity contribution < 1.29 is 38.9 Å². The van der Waals surface area contributed by atoms with Crippen LogP contribution in [0.4, 0.5) is 0 Å². The fourth-order valence-electron chi connectivity index (χ4n) is 1.28. The molecule has 0 aromatic heterocycles. The highest BCUT2D eigenvalue weighted by atomic mass is 31.2. The zero-order chi connectivity index (χ0) is 12.5. The minimum atomic E-state index is -4.70. The maximum atomic E-state index is 10.4.